The Balaban J connectivity index is 2.30. The first kappa shape index (κ1) is 20.0. The van der Waals surface area contributed by atoms with Gasteiger partial charge in [-0.1, -0.05) is 17.7 Å². The van der Waals surface area contributed by atoms with Crippen molar-refractivity contribution in [2.45, 2.75) is 65.3 Å². The Labute approximate surface area is 154 Å². The van der Waals surface area contributed by atoms with Gasteiger partial charge in [-0.15, -0.1) is 0 Å². The molecule has 5 nitrogen and oxygen atoms in total. The highest BCUT2D eigenvalue weighted by Gasteiger charge is 2.51. The molecule has 0 amide bonds. The molecule has 0 unspecified atom stereocenters. The minimum Gasteiger partial charge on any atom is -0.454 e. The van der Waals surface area contributed by atoms with Crippen molar-refractivity contribution < 1.29 is 23.6 Å². The summed E-state index contributed by atoms with van der Waals surface area (Å²) < 4.78 is 17.1. The molecule has 2 rings (SSSR count). The molecule has 0 spiro atoms. The predicted molar refractivity (Wildman–Crippen MR) is 97.3 cm³/mol. The quantitative estimate of drug-likeness (QED) is 0.356. The summed E-state index contributed by atoms with van der Waals surface area (Å²) in [6.07, 6.45) is 0. The topological polar surface area (TPSA) is 61.8 Å². The van der Waals surface area contributed by atoms with Gasteiger partial charge in [0.05, 0.1) is 11.2 Å². The number of hydrogen-bond acceptors (Lipinski definition) is 5. The third kappa shape index (κ3) is 4.43. The SMILES string of the molecule is CC(C)(C)OC(=O)C(=O)c1cc(Cl)cc(B2OC(C)(C)C(C)(C)O2)c1. The second-order valence-corrected chi connectivity index (χ2v) is 8.63. The monoisotopic (exact) mass is 366 g/mol. The predicted octanol–water partition coefficient (Wildman–Crippen LogP) is 3.16. The van der Waals surface area contributed by atoms with Crippen LogP contribution in [0.25, 0.3) is 0 Å². The summed E-state index contributed by atoms with van der Waals surface area (Å²) in [4.78, 5) is 24.4. The number of esters is 1. The van der Waals surface area contributed by atoms with E-state index in [1.165, 1.54) is 6.07 Å². The molecule has 1 aromatic carbocycles. The summed E-state index contributed by atoms with van der Waals surface area (Å²) in [6.45, 7) is 12.8. The van der Waals surface area contributed by atoms with Crippen LogP contribution >= 0.6 is 11.6 Å². The van der Waals surface area contributed by atoms with Gasteiger partial charge in [0.25, 0.3) is 5.78 Å². The molecule has 136 valence electrons. The number of benzene rings is 1. The third-order valence-electron chi connectivity index (χ3n) is 4.29. The van der Waals surface area contributed by atoms with Crippen LogP contribution in [0.1, 0.15) is 58.8 Å². The molecule has 0 aromatic heterocycles. The summed E-state index contributed by atoms with van der Waals surface area (Å²) in [5.41, 5.74) is -1.06. The molecular weight excluding hydrogens is 342 g/mol. The smallest absolute Gasteiger partial charge is 0.454 e. The molecule has 1 aromatic rings. The van der Waals surface area contributed by atoms with E-state index >= 15 is 0 Å². The second-order valence-electron chi connectivity index (χ2n) is 8.19. The van der Waals surface area contributed by atoms with E-state index in [2.05, 4.69) is 0 Å². The summed E-state index contributed by atoms with van der Waals surface area (Å²) in [5.74, 6) is -1.68. The van der Waals surface area contributed by atoms with Gasteiger partial charge in [0, 0.05) is 10.6 Å². The molecule has 1 fully saturated rings. The molecule has 1 aliphatic rings. The van der Waals surface area contributed by atoms with Crippen LogP contribution in [-0.4, -0.2) is 35.7 Å². The van der Waals surface area contributed by atoms with E-state index in [0.717, 1.165) is 0 Å². The maximum atomic E-state index is 12.4. The Morgan fingerprint density at radius 3 is 2.04 bits per heavy atom. The van der Waals surface area contributed by atoms with Crippen molar-refractivity contribution in [3.8, 4) is 0 Å². The largest absolute Gasteiger partial charge is 0.494 e. The maximum absolute atomic E-state index is 12.4. The van der Waals surface area contributed by atoms with Gasteiger partial charge < -0.3 is 14.0 Å². The van der Waals surface area contributed by atoms with Crippen LogP contribution in [0.2, 0.25) is 5.02 Å². The lowest BCUT2D eigenvalue weighted by Crippen LogP contribution is -2.41. The van der Waals surface area contributed by atoms with Crippen LogP contribution in [0.4, 0.5) is 0 Å². The van der Waals surface area contributed by atoms with Gasteiger partial charge in [0.15, 0.2) is 0 Å². The van der Waals surface area contributed by atoms with Crippen LogP contribution < -0.4 is 5.46 Å². The molecule has 1 aliphatic heterocycles. The molecule has 0 saturated carbocycles. The van der Waals surface area contributed by atoms with Crippen LogP contribution in [-0.2, 0) is 18.8 Å². The molecule has 7 heteroatoms. The number of Topliss-reactive ketones (excluding diaryl/α,β-unsaturated/α-hetero) is 1. The van der Waals surface area contributed by atoms with Crippen molar-refractivity contribution in [2.75, 3.05) is 0 Å². The molecular formula is C18H24BClO5. The fourth-order valence-corrected chi connectivity index (χ4v) is 2.54. The number of halogens is 1. The standard InChI is InChI=1S/C18H24BClO5/c1-16(2,3)23-15(22)14(21)11-8-12(10-13(20)9-11)19-24-17(4,5)18(6,7)25-19/h8-10H,1-7H3. The molecule has 1 saturated heterocycles. The fraction of sp³-hybridized carbons (Fsp3) is 0.556. The average Bonchev–Trinajstić information content (AvgIpc) is 2.64. The van der Waals surface area contributed by atoms with Crippen LogP contribution in [0.3, 0.4) is 0 Å². The first-order valence-corrected chi connectivity index (χ1v) is 8.53. The Hall–Kier alpha value is -1.37. The molecule has 0 bridgehead atoms. The lowest BCUT2D eigenvalue weighted by atomic mass is 9.78. The summed E-state index contributed by atoms with van der Waals surface area (Å²) in [6, 6.07) is 4.65. The zero-order valence-electron chi connectivity index (χ0n) is 15.7. The highest BCUT2D eigenvalue weighted by atomic mass is 35.5. The zero-order chi connectivity index (χ0) is 19.2. The number of carbonyl (C=O) groups is 2. The summed E-state index contributed by atoms with van der Waals surface area (Å²) in [5, 5.41) is 0.319. The number of rotatable bonds is 3. The first-order valence-electron chi connectivity index (χ1n) is 8.16. The van der Waals surface area contributed by atoms with E-state index in [1.54, 1.807) is 32.9 Å². The van der Waals surface area contributed by atoms with Gasteiger partial charge in [-0.3, -0.25) is 4.79 Å². The minimum absolute atomic E-state index is 0.145. The van der Waals surface area contributed by atoms with E-state index in [9.17, 15) is 9.59 Å². The lowest BCUT2D eigenvalue weighted by Gasteiger charge is -2.32. The van der Waals surface area contributed by atoms with E-state index in [4.69, 9.17) is 25.6 Å². The fourth-order valence-electron chi connectivity index (χ4n) is 2.30. The third-order valence-corrected chi connectivity index (χ3v) is 4.51. The van der Waals surface area contributed by atoms with Crippen molar-refractivity contribution in [2.24, 2.45) is 0 Å². The van der Waals surface area contributed by atoms with Crippen molar-refractivity contribution in [1.29, 1.82) is 0 Å². The number of carbonyl (C=O) groups excluding carboxylic acids is 2. The van der Waals surface area contributed by atoms with Crippen LogP contribution in [0.15, 0.2) is 18.2 Å². The minimum atomic E-state index is -0.922. The summed E-state index contributed by atoms with van der Waals surface area (Å²) in [7, 11) is -0.672. The van der Waals surface area contributed by atoms with Gasteiger partial charge in [-0.2, -0.15) is 0 Å². The van der Waals surface area contributed by atoms with Gasteiger partial charge in [-0.25, -0.2) is 4.79 Å². The summed E-state index contributed by atoms with van der Waals surface area (Å²) >= 11 is 6.14. The van der Waals surface area contributed by atoms with E-state index in [-0.39, 0.29) is 5.56 Å². The van der Waals surface area contributed by atoms with Gasteiger partial charge >= 0.3 is 13.1 Å². The van der Waals surface area contributed by atoms with E-state index < -0.39 is 35.7 Å². The molecule has 25 heavy (non-hydrogen) atoms. The molecule has 0 aliphatic carbocycles. The van der Waals surface area contributed by atoms with Crippen molar-refractivity contribution in [1.82, 2.24) is 0 Å². The second kappa shape index (κ2) is 6.42. The van der Waals surface area contributed by atoms with Crippen LogP contribution in [0.5, 0.6) is 0 Å². The number of ketones is 1. The first-order chi connectivity index (χ1) is 11.2. The Morgan fingerprint density at radius 1 is 1.04 bits per heavy atom. The molecule has 0 N–H and O–H groups in total. The molecule has 0 radical (unpaired) electrons. The van der Waals surface area contributed by atoms with Crippen molar-refractivity contribution >= 4 is 35.9 Å². The van der Waals surface area contributed by atoms with E-state index in [1.807, 2.05) is 27.7 Å². The van der Waals surface area contributed by atoms with Gasteiger partial charge in [0.1, 0.15) is 5.60 Å². The van der Waals surface area contributed by atoms with Crippen LogP contribution in [0, 0.1) is 0 Å². The molecule has 0 atom stereocenters. The number of ether oxygens (including phenoxy) is 1. The normalized spacial score (nSPS) is 19.0. The van der Waals surface area contributed by atoms with Gasteiger partial charge in [0.2, 0.25) is 0 Å². The molecule has 1 heterocycles. The zero-order valence-corrected chi connectivity index (χ0v) is 16.5. The lowest BCUT2D eigenvalue weighted by molar-refractivity contribution is -0.148. The Bertz CT molecular complexity index is 690. The average molecular weight is 367 g/mol. The highest BCUT2D eigenvalue weighted by molar-refractivity contribution is 6.62. The van der Waals surface area contributed by atoms with E-state index in [0.29, 0.717) is 10.5 Å². The Morgan fingerprint density at radius 2 is 1.56 bits per heavy atom. The maximum Gasteiger partial charge on any atom is 0.494 e. The van der Waals surface area contributed by atoms with Crippen molar-refractivity contribution in [3.63, 3.8) is 0 Å². The Kier molecular flexibility index (Phi) is 5.12. The highest BCUT2D eigenvalue weighted by Crippen LogP contribution is 2.36. The van der Waals surface area contributed by atoms with Crippen molar-refractivity contribution in [3.05, 3.63) is 28.8 Å². The number of hydrogen-bond donors (Lipinski definition) is 0. The van der Waals surface area contributed by atoms with Gasteiger partial charge in [-0.05, 0) is 66.1 Å².